The Morgan fingerprint density at radius 2 is 2.37 bits per heavy atom. The normalized spacial score (nSPS) is 14.5. The lowest BCUT2D eigenvalue weighted by atomic mass is 10.1. The minimum atomic E-state index is -1.29. The Morgan fingerprint density at radius 1 is 1.63 bits per heavy atom. The van der Waals surface area contributed by atoms with Gasteiger partial charge in [-0.25, -0.2) is 4.98 Å². The molecule has 1 atom stereocenters. The van der Waals surface area contributed by atoms with Gasteiger partial charge in [-0.3, -0.25) is 9.20 Å². The molecule has 1 unspecified atom stereocenters. The van der Waals surface area contributed by atoms with Crippen molar-refractivity contribution in [3.8, 4) is 0 Å². The Kier molecular flexibility index (Phi) is 3.88. The van der Waals surface area contributed by atoms with Crippen molar-refractivity contribution in [2.24, 2.45) is 0 Å². The molecule has 0 fully saturated rings. The lowest BCUT2D eigenvalue weighted by molar-refractivity contribution is -0.122. The number of carbonyl (C=O) groups is 1. The zero-order valence-corrected chi connectivity index (χ0v) is 11.7. The molecule has 2 aromatic heterocycles. The van der Waals surface area contributed by atoms with Crippen LogP contribution in [0.25, 0.3) is 4.96 Å². The number of hydrogen-bond donors (Lipinski definition) is 3. The fourth-order valence-electron chi connectivity index (χ4n) is 1.64. The van der Waals surface area contributed by atoms with E-state index in [0.717, 1.165) is 16.3 Å². The predicted molar refractivity (Wildman–Crippen MR) is 72.2 cm³/mol. The average molecular weight is 283 g/mol. The van der Waals surface area contributed by atoms with Gasteiger partial charge in [-0.2, -0.15) is 0 Å². The van der Waals surface area contributed by atoms with Crippen LogP contribution in [0.5, 0.6) is 0 Å². The minimum absolute atomic E-state index is 0.0264. The summed E-state index contributed by atoms with van der Waals surface area (Å²) in [7, 11) is 0. The molecule has 0 aromatic carbocycles. The monoisotopic (exact) mass is 283 g/mol. The molecule has 0 aliphatic rings. The molecule has 0 saturated carbocycles. The van der Waals surface area contributed by atoms with Gasteiger partial charge in [-0.15, -0.1) is 11.3 Å². The molecule has 0 aliphatic carbocycles. The molecule has 2 heterocycles. The van der Waals surface area contributed by atoms with Crippen LogP contribution in [0.3, 0.4) is 0 Å². The second-order valence-corrected chi connectivity index (χ2v) is 5.71. The van der Waals surface area contributed by atoms with E-state index in [9.17, 15) is 9.90 Å². The van der Waals surface area contributed by atoms with Crippen LogP contribution in [-0.4, -0.2) is 44.3 Å². The third-order valence-corrected chi connectivity index (χ3v) is 3.64. The highest BCUT2D eigenvalue weighted by molar-refractivity contribution is 7.15. The molecule has 1 amide bonds. The lowest BCUT2D eigenvalue weighted by Crippen LogP contribution is -2.43. The molecule has 104 valence electrons. The number of hydrogen-bond acceptors (Lipinski definition) is 5. The highest BCUT2D eigenvalue weighted by Crippen LogP contribution is 2.16. The Bertz CT molecular complexity index is 588. The lowest BCUT2D eigenvalue weighted by Gasteiger charge is -2.20. The fourth-order valence-corrected chi connectivity index (χ4v) is 2.56. The van der Waals surface area contributed by atoms with E-state index in [1.807, 2.05) is 22.9 Å². The highest BCUT2D eigenvalue weighted by Gasteiger charge is 2.20. The van der Waals surface area contributed by atoms with Crippen molar-refractivity contribution in [2.45, 2.75) is 25.9 Å². The summed E-state index contributed by atoms with van der Waals surface area (Å²) in [5.74, 6) is -0.195. The van der Waals surface area contributed by atoms with E-state index in [1.165, 1.54) is 18.3 Å². The fraction of sp³-hybridized carbons (Fsp3) is 0.500. The molecule has 3 N–H and O–H groups in total. The minimum Gasteiger partial charge on any atom is -0.393 e. The maximum Gasteiger partial charge on any atom is 0.226 e. The number of aliphatic hydroxyl groups excluding tert-OH is 1. The number of aliphatic hydroxyl groups is 2. The SMILES string of the molecule is Cc1cn2c(CC(=O)NCC(C)(O)CO)csc2n1. The van der Waals surface area contributed by atoms with Crippen molar-refractivity contribution in [1.29, 1.82) is 0 Å². The van der Waals surface area contributed by atoms with Gasteiger partial charge >= 0.3 is 0 Å². The van der Waals surface area contributed by atoms with Gasteiger partial charge < -0.3 is 15.5 Å². The van der Waals surface area contributed by atoms with Gasteiger partial charge in [0.1, 0.15) is 5.60 Å². The Hall–Kier alpha value is -1.44. The number of amides is 1. The van der Waals surface area contributed by atoms with Gasteiger partial charge in [-0.05, 0) is 13.8 Å². The molecule has 0 saturated heterocycles. The summed E-state index contributed by atoms with van der Waals surface area (Å²) < 4.78 is 1.89. The number of rotatable bonds is 5. The Balaban J connectivity index is 1.99. The highest BCUT2D eigenvalue weighted by atomic mass is 32.1. The molecule has 0 radical (unpaired) electrons. The molecule has 7 heteroatoms. The van der Waals surface area contributed by atoms with Gasteiger partial charge in [0, 0.05) is 23.8 Å². The van der Waals surface area contributed by atoms with Gasteiger partial charge in [0.25, 0.3) is 0 Å². The van der Waals surface area contributed by atoms with Crippen molar-refractivity contribution < 1.29 is 15.0 Å². The van der Waals surface area contributed by atoms with E-state index in [4.69, 9.17) is 5.11 Å². The smallest absolute Gasteiger partial charge is 0.226 e. The first-order chi connectivity index (χ1) is 8.91. The summed E-state index contributed by atoms with van der Waals surface area (Å²) in [5.41, 5.74) is 0.490. The molecular formula is C12H17N3O3S. The van der Waals surface area contributed by atoms with E-state index in [2.05, 4.69) is 10.3 Å². The summed E-state index contributed by atoms with van der Waals surface area (Å²) in [5, 5.41) is 23.0. The number of nitrogens with zero attached hydrogens (tertiary/aromatic N) is 2. The number of imidazole rings is 1. The van der Waals surface area contributed by atoms with Crippen LogP contribution >= 0.6 is 11.3 Å². The van der Waals surface area contributed by atoms with Crippen LogP contribution in [0, 0.1) is 6.92 Å². The first-order valence-electron chi connectivity index (χ1n) is 5.93. The molecule has 2 rings (SSSR count). The van der Waals surface area contributed by atoms with Crippen molar-refractivity contribution >= 4 is 22.2 Å². The van der Waals surface area contributed by atoms with E-state index in [-0.39, 0.29) is 18.9 Å². The van der Waals surface area contributed by atoms with Crippen LogP contribution in [0.2, 0.25) is 0 Å². The number of fused-ring (bicyclic) bond motifs is 1. The maximum atomic E-state index is 11.8. The number of aryl methyl sites for hydroxylation is 1. The average Bonchev–Trinajstić information content (AvgIpc) is 2.88. The van der Waals surface area contributed by atoms with Crippen LogP contribution in [-0.2, 0) is 11.2 Å². The Morgan fingerprint density at radius 3 is 3.05 bits per heavy atom. The zero-order chi connectivity index (χ0) is 14.0. The van der Waals surface area contributed by atoms with Crippen LogP contribution in [0.1, 0.15) is 18.3 Å². The second-order valence-electron chi connectivity index (χ2n) is 4.87. The topological polar surface area (TPSA) is 86.9 Å². The third-order valence-electron chi connectivity index (χ3n) is 2.75. The molecule has 6 nitrogen and oxygen atoms in total. The zero-order valence-electron chi connectivity index (χ0n) is 10.9. The van der Waals surface area contributed by atoms with Gasteiger partial charge in [-0.1, -0.05) is 0 Å². The van der Waals surface area contributed by atoms with Gasteiger partial charge in [0.05, 0.1) is 18.7 Å². The predicted octanol–water partition coefficient (Wildman–Crippen LogP) is 0.106. The van der Waals surface area contributed by atoms with E-state index >= 15 is 0 Å². The summed E-state index contributed by atoms with van der Waals surface area (Å²) >= 11 is 1.49. The summed E-state index contributed by atoms with van der Waals surface area (Å²) in [4.78, 5) is 17.0. The van der Waals surface area contributed by atoms with Gasteiger partial charge in [0.2, 0.25) is 5.91 Å². The standard InChI is InChI=1S/C12H17N3O3S/c1-8-4-15-9(5-19-11(15)14-8)3-10(17)13-6-12(2,18)7-16/h4-5,16,18H,3,6-7H2,1-2H3,(H,13,17). The molecule has 0 spiro atoms. The Labute approximate surface area is 114 Å². The van der Waals surface area contributed by atoms with Crippen molar-refractivity contribution in [3.63, 3.8) is 0 Å². The van der Waals surface area contributed by atoms with Crippen LogP contribution in [0.15, 0.2) is 11.6 Å². The van der Waals surface area contributed by atoms with E-state index in [0.29, 0.717) is 0 Å². The molecular weight excluding hydrogens is 266 g/mol. The van der Waals surface area contributed by atoms with Crippen molar-refractivity contribution in [3.05, 3.63) is 23.0 Å². The van der Waals surface area contributed by atoms with Crippen LogP contribution < -0.4 is 5.32 Å². The largest absolute Gasteiger partial charge is 0.393 e. The number of thiazole rings is 1. The molecule has 0 aliphatic heterocycles. The summed E-state index contributed by atoms with van der Waals surface area (Å²) in [6.07, 6.45) is 2.11. The third kappa shape index (κ3) is 3.31. The van der Waals surface area contributed by atoms with Crippen LogP contribution in [0.4, 0.5) is 0 Å². The van der Waals surface area contributed by atoms with Gasteiger partial charge in [0.15, 0.2) is 4.96 Å². The number of aromatic nitrogens is 2. The first kappa shape index (κ1) is 14.0. The summed E-state index contributed by atoms with van der Waals surface area (Å²) in [6, 6.07) is 0. The first-order valence-corrected chi connectivity index (χ1v) is 6.81. The molecule has 0 bridgehead atoms. The quantitative estimate of drug-likeness (QED) is 0.726. The van der Waals surface area contributed by atoms with Crippen molar-refractivity contribution in [1.82, 2.24) is 14.7 Å². The number of carbonyl (C=O) groups excluding carboxylic acids is 1. The maximum absolute atomic E-state index is 11.8. The van der Waals surface area contributed by atoms with E-state index in [1.54, 1.807) is 0 Å². The van der Waals surface area contributed by atoms with Crippen molar-refractivity contribution in [2.75, 3.05) is 13.2 Å². The summed E-state index contributed by atoms with van der Waals surface area (Å²) in [6.45, 7) is 3.01. The molecule has 19 heavy (non-hydrogen) atoms. The second kappa shape index (κ2) is 5.28. The van der Waals surface area contributed by atoms with E-state index < -0.39 is 12.2 Å². The number of nitrogens with one attached hydrogen (secondary N) is 1. The molecule has 2 aromatic rings.